The van der Waals surface area contributed by atoms with Crippen molar-refractivity contribution < 1.29 is 9.53 Å². The zero-order valence-electron chi connectivity index (χ0n) is 11.9. The van der Waals surface area contributed by atoms with Gasteiger partial charge in [-0.3, -0.25) is 4.79 Å². The third kappa shape index (κ3) is 3.33. The summed E-state index contributed by atoms with van der Waals surface area (Å²) >= 11 is 0. The van der Waals surface area contributed by atoms with E-state index in [1.165, 1.54) is 16.7 Å². The minimum atomic E-state index is -0.572. The Morgan fingerprint density at radius 2 is 1.67 bits per heavy atom. The van der Waals surface area contributed by atoms with Crippen LogP contribution in [0.5, 0.6) is 0 Å². The summed E-state index contributed by atoms with van der Waals surface area (Å²) in [4.78, 5) is 11.5. The van der Waals surface area contributed by atoms with Gasteiger partial charge in [-0.15, -0.1) is 0 Å². The summed E-state index contributed by atoms with van der Waals surface area (Å²) < 4.78 is 5.37. The fourth-order valence-electron chi connectivity index (χ4n) is 2.17. The second kappa shape index (κ2) is 6.01. The summed E-state index contributed by atoms with van der Waals surface area (Å²) in [5, 5.41) is 0. The second-order valence-electron chi connectivity index (χ2n) is 5.02. The third-order valence-corrected chi connectivity index (χ3v) is 3.38. The van der Waals surface area contributed by atoms with E-state index in [0.717, 1.165) is 0 Å². The van der Waals surface area contributed by atoms with Gasteiger partial charge in [-0.1, -0.05) is 25.1 Å². The van der Waals surface area contributed by atoms with Crippen molar-refractivity contribution >= 4 is 5.97 Å². The summed E-state index contributed by atoms with van der Waals surface area (Å²) in [6, 6.07) is 5.63. The number of benzene rings is 1. The molecule has 1 aromatic carbocycles. The second-order valence-corrected chi connectivity index (χ2v) is 5.02. The van der Waals surface area contributed by atoms with E-state index in [9.17, 15) is 4.79 Å². The molecule has 3 nitrogen and oxygen atoms in total. The summed E-state index contributed by atoms with van der Waals surface area (Å²) in [5.41, 5.74) is 9.22. The summed E-state index contributed by atoms with van der Waals surface area (Å²) in [7, 11) is 0. The molecule has 0 heterocycles. The van der Waals surface area contributed by atoms with E-state index in [1.807, 2.05) is 13.0 Å². The molecular formula is C15H23NO2. The van der Waals surface area contributed by atoms with Crippen LogP contribution in [0, 0.1) is 13.8 Å². The zero-order chi connectivity index (χ0) is 13.9. The van der Waals surface area contributed by atoms with Crippen LogP contribution >= 0.6 is 0 Å². The highest BCUT2D eigenvalue weighted by Crippen LogP contribution is 2.27. The van der Waals surface area contributed by atoms with E-state index < -0.39 is 6.04 Å². The average Bonchev–Trinajstić information content (AvgIpc) is 2.28. The van der Waals surface area contributed by atoms with Crippen LogP contribution in [0.2, 0.25) is 0 Å². The van der Waals surface area contributed by atoms with E-state index in [2.05, 4.69) is 32.9 Å². The first kappa shape index (κ1) is 14.7. The molecule has 0 radical (unpaired) electrons. The van der Waals surface area contributed by atoms with Crippen LogP contribution in [0.15, 0.2) is 18.2 Å². The minimum absolute atomic E-state index is 0.161. The molecule has 0 unspecified atom stereocenters. The molecule has 0 amide bonds. The largest absolute Gasteiger partial charge is 0.461 e. The number of ether oxygens (including phenoxy) is 1. The first-order valence-electron chi connectivity index (χ1n) is 6.36. The molecule has 0 aliphatic rings. The molecular weight excluding hydrogens is 226 g/mol. The predicted octanol–water partition coefficient (Wildman–Crippen LogP) is 2.69. The van der Waals surface area contributed by atoms with Gasteiger partial charge >= 0.3 is 5.97 Å². The molecule has 3 heteroatoms. The van der Waals surface area contributed by atoms with Crippen molar-refractivity contribution in [2.45, 2.75) is 52.7 Å². The van der Waals surface area contributed by atoms with Gasteiger partial charge in [0.25, 0.3) is 0 Å². The maximum absolute atomic E-state index is 11.5. The molecule has 100 valence electrons. The summed E-state index contributed by atoms with van der Waals surface area (Å²) in [6.07, 6.45) is -0.178. The monoisotopic (exact) mass is 249 g/mol. The van der Waals surface area contributed by atoms with Gasteiger partial charge in [-0.25, -0.2) is 0 Å². The summed E-state index contributed by atoms with van der Waals surface area (Å²) in [5.74, 6) is -0.186. The fraction of sp³-hybridized carbons (Fsp3) is 0.533. The van der Waals surface area contributed by atoms with Crippen LogP contribution in [0.3, 0.4) is 0 Å². The number of hydrogen-bond donors (Lipinski definition) is 1. The van der Waals surface area contributed by atoms with Crippen molar-refractivity contribution in [1.29, 1.82) is 0 Å². The van der Waals surface area contributed by atoms with Crippen molar-refractivity contribution in [3.05, 3.63) is 34.9 Å². The Labute approximate surface area is 109 Å². The van der Waals surface area contributed by atoms with Gasteiger partial charge in [-0.05, 0) is 44.4 Å². The van der Waals surface area contributed by atoms with E-state index in [4.69, 9.17) is 10.5 Å². The van der Waals surface area contributed by atoms with Gasteiger partial charge in [0.2, 0.25) is 0 Å². The topological polar surface area (TPSA) is 52.3 Å². The molecule has 18 heavy (non-hydrogen) atoms. The van der Waals surface area contributed by atoms with Crippen LogP contribution in [0.1, 0.15) is 43.4 Å². The molecule has 0 spiro atoms. The molecule has 0 aliphatic heterocycles. The van der Waals surface area contributed by atoms with Gasteiger partial charge in [0.1, 0.15) is 12.1 Å². The van der Waals surface area contributed by atoms with Gasteiger partial charge in [0.15, 0.2) is 0 Å². The van der Waals surface area contributed by atoms with Gasteiger partial charge < -0.3 is 10.5 Å². The van der Waals surface area contributed by atoms with Crippen LogP contribution in [-0.2, 0) is 9.53 Å². The fourth-order valence-corrected chi connectivity index (χ4v) is 2.17. The highest BCUT2D eigenvalue weighted by atomic mass is 16.5. The quantitative estimate of drug-likeness (QED) is 0.835. The highest BCUT2D eigenvalue weighted by Gasteiger charge is 2.22. The number of carbonyl (C=O) groups excluding carboxylic acids is 1. The van der Waals surface area contributed by atoms with Crippen molar-refractivity contribution in [1.82, 2.24) is 0 Å². The SMILES string of the molecule is Cc1cccc(C)c1[C@H](C)[C@H](C)OC(=O)[C@H](C)N. The molecule has 2 N–H and O–H groups in total. The van der Waals surface area contributed by atoms with E-state index in [1.54, 1.807) is 6.92 Å². The zero-order valence-corrected chi connectivity index (χ0v) is 11.9. The smallest absolute Gasteiger partial charge is 0.322 e. The van der Waals surface area contributed by atoms with Gasteiger partial charge in [-0.2, -0.15) is 0 Å². The third-order valence-electron chi connectivity index (χ3n) is 3.38. The molecule has 1 aromatic rings. The molecule has 0 aromatic heterocycles. The van der Waals surface area contributed by atoms with Crippen molar-refractivity contribution in [3.63, 3.8) is 0 Å². The van der Waals surface area contributed by atoms with Crippen LogP contribution in [-0.4, -0.2) is 18.1 Å². The highest BCUT2D eigenvalue weighted by molar-refractivity contribution is 5.75. The lowest BCUT2D eigenvalue weighted by atomic mass is 9.89. The lowest BCUT2D eigenvalue weighted by molar-refractivity contribution is -0.150. The minimum Gasteiger partial charge on any atom is -0.461 e. The summed E-state index contributed by atoms with van der Waals surface area (Å²) in [6.45, 7) is 9.79. The van der Waals surface area contributed by atoms with Gasteiger partial charge in [0, 0.05) is 5.92 Å². The number of hydrogen-bond acceptors (Lipinski definition) is 3. The maximum atomic E-state index is 11.5. The number of carbonyl (C=O) groups is 1. The molecule has 0 bridgehead atoms. The molecule has 3 atom stereocenters. The molecule has 0 saturated heterocycles. The average molecular weight is 249 g/mol. The molecule has 0 aliphatic carbocycles. The Morgan fingerprint density at radius 1 is 1.17 bits per heavy atom. The Kier molecular flexibility index (Phi) is 4.91. The Hall–Kier alpha value is -1.35. The van der Waals surface area contributed by atoms with Crippen LogP contribution in [0.4, 0.5) is 0 Å². The van der Waals surface area contributed by atoms with E-state index in [0.29, 0.717) is 0 Å². The van der Waals surface area contributed by atoms with Crippen molar-refractivity contribution in [2.75, 3.05) is 0 Å². The number of nitrogens with two attached hydrogens (primary N) is 1. The van der Waals surface area contributed by atoms with Crippen LogP contribution in [0.25, 0.3) is 0 Å². The lowest BCUT2D eigenvalue weighted by Crippen LogP contribution is -2.33. The first-order chi connectivity index (χ1) is 8.34. The predicted molar refractivity (Wildman–Crippen MR) is 73.5 cm³/mol. The Balaban J connectivity index is 2.87. The Morgan fingerprint density at radius 3 is 2.11 bits per heavy atom. The molecule has 1 rings (SSSR count). The lowest BCUT2D eigenvalue weighted by Gasteiger charge is -2.24. The standard InChI is InChI=1S/C15H23NO2/c1-9-7-6-8-10(2)14(9)11(3)13(5)18-15(17)12(4)16/h6-8,11-13H,16H2,1-5H3/t11-,12+,13+/m1/s1. The van der Waals surface area contributed by atoms with Crippen molar-refractivity contribution in [3.8, 4) is 0 Å². The number of aryl methyl sites for hydroxylation is 2. The maximum Gasteiger partial charge on any atom is 0.322 e. The van der Waals surface area contributed by atoms with E-state index >= 15 is 0 Å². The number of rotatable bonds is 4. The van der Waals surface area contributed by atoms with Crippen LogP contribution < -0.4 is 5.73 Å². The van der Waals surface area contributed by atoms with E-state index in [-0.39, 0.29) is 18.0 Å². The first-order valence-corrected chi connectivity index (χ1v) is 6.36. The number of esters is 1. The normalized spacial score (nSPS) is 15.9. The van der Waals surface area contributed by atoms with Gasteiger partial charge in [0.05, 0.1) is 0 Å². The Bertz CT molecular complexity index is 406. The molecule has 0 saturated carbocycles. The molecule has 0 fully saturated rings. The van der Waals surface area contributed by atoms with Crippen molar-refractivity contribution in [2.24, 2.45) is 5.73 Å².